The minimum atomic E-state index is 0.205. The van der Waals surface area contributed by atoms with Crippen molar-refractivity contribution >= 4 is 11.6 Å². The second kappa shape index (κ2) is 7.32. The third-order valence-electron chi connectivity index (χ3n) is 4.42. The second-order valence-corrected chi connectivity index (χ2v) is 5.89. The number of benzene rings is 1. The number of hydrogen-bond acceptors (Lipinski definition) is 2. The van der Waals surface area contributed by atoms with Gasteiger partial charge in [0.2, 0.25) is 5.91 Å². The van der Waals surface area contributed by atoms with E-state index in [1.54, 1.807) is 0 Å². The maximum atomic E-state index is 12.3. The Kier molecular flexibility index (Phi) is 5.45. The van der Waals surface area contributed by atoms with Gasteiger partial charge in [0.05, 0.1) is 0 Å². The molecule has 1 aliphatic carbocycles. The molecule has 3 heteroatoms. The molecule has 0 radical (unpaired) electrons. The first-order chi connectivity index (χ1) is 9.68. The molecule has 0 aromatic heterocycles. The van der Waals surface area contributed by atoms with Crippen molar-refractivity contribution in [3.8, 4) is 0 Å². The van der Waals surface area contributed by atoms with Crippen LogP contribution in [0.25, 0.3) is 0 Å². The maximum Gasteiger partial charge on any atom is 0.223 e. The van der Waals surface area contributed by atoms with Crippen molar-refractivity contribution in [3.63, 3.8) is 0 Å². The van der Waals surface area contributed by atoms with Gasteiger partial charge in [0.15, 0.2) is 0 Å². The van der Waals surface area contributed by atoms with E-state index < -0.39 is 0 Å². The van der Waals surface area contributed by atoms with Crippen LogP contribution in [0.15, 0.2) is 18.2 Å². The maximum absolute atomic E-state index is 12.3. The van der Waals surface area contributed by atoms with Crippen LogP contribution in [0.3, 0.4) is 0 Å². The lowest BCUT2D eigenvalue weighted by Gasteiger charge is -2.19. The van der Waals surface area contributed by atoms with Crippen molar-refractivity contribution in [2.24, 2.45) is 5.92 Å². The summed E-state index contributed by atoms with van der Waals surface area (Å²) >= 11 is 0. The first-order valence-corrected chi connectivity index (χ1v) is 7.80. The van der Waals surface area contributed by atoms with E-state index in [2.05, 4.69) is 5.32 Å². The van der Waals surface area contributed by atoms with Crippen LogP contribution in [-0.2, 0) is 11.3 Å². The van der Waals surface area contributed by atoms with Gasteiger partial charge in [-0.05, 0) is 37.0 Å². The average Bonchev–Trinajstić information content (AvgIpc) is 2.40. The third-order valence-corrected chi connectivity index (χ3v) is 4.42. The molecule has 20 heavy (non-hydrogen) atoms. The number of carbonyl (C=O) groups is 1. The fourth-order valence-electron chi connectivity index (χ4n) is 2.94. The molecule has 2 rings (SSSR count). The van der Waals surface area contributed by atoms with Crippen molar-refractivity contribution in [3.05, 3.63) is 29.3 Å². The summed E-state index contributed by atoms with van der Waals surface area (Å²) in [5.41, 5.74) is 8.88. The smallest absolute Gasteiger partial charge is 0.223 e. The van der Waals surface area contributed by atoms with E-state index in [4.69, 9.17) is 5.73 Å². The molecule has 0 aliphatic heterocycles. The number of nitrogens with two attached hydrogens (primary N) is 1. The molecule has 1 aromatic rings. The normalized spacial score (nSPS) is 17.2. The molecule has 1 aromatic carbocycles. The molecule has 3 nitrogen and oxygen atoms in total. The standard InChI is InChI=1S/C17H26N2O/c1-13-15(10-7-11-16(13)18)12-19-17(20)14-8-5-3-2-4-6-9-14/h7,10-11,14H,2-6,8-9,12,18H2,1H3,(H,19,20). The molecule has 0 saturated heterocycles. The van der Waals surface area contributed by atoms with Crippen LogP contribution >= 0.6 is 0 Å². The lowest BCUT2D eigenvalue weighted by molar-refractivity contribution is -0.125. The fourth-order valence-corrected chi connectivity index (χ4v) is 2.94. The molecule has 1 fully saturated rings. The molecule has 110 valence electrons. The number of rotatable bonds is 3. The van der Waals surface area contributed by atoms with Gasteiger partial charge in [0.25, 0.3) is 0 Å². The van der Waals surface area contributed by atoms with Crippen molar-refractivity contribution in [1.29, 1.82) is 0 Å². The Morgan fingerprint density at radius 3 is 2.55 bits per heavy atom. The van der Waals surface area contributed by atoms with Gasteiger partial charge >= 0.3 is 0 Å². The Labute approximate surface area is 121 Å². The number of nitrogen functional groups attached to an aromatic ring is 1. The van der Waals surface area contributed by atoms with E-state index in [1.165, 1.54) is 32.1 Å². The Morgan fingerprint density at radius 1 is 1.20 bits per heavy atom. The summed E-state index contributed by atoms with van der Waals surface area (Å²) in [6.07, 6.45) is 8.35. The van der Waals surface area contributed by atoms with Crippen LogP contribution in [0.5, 0.6) is 0 Å². The highest BCUT2D eigenvalue weighted by Crippen LogP contribution is 2.22. The average molecular weight is 274 g/mol. The van der Waals surface area contributed by atoms with E-state index in [-0.39, 0.29) is 11.8 Å². The van der Waals surface area contributed by atoms with Crippen LogP contribution in [0.2, 0.25) is 0 Å². The minimum absolute atomic E-state index is 0.205. The van der Waals surface area contributed by atoms with Gasteiger partial charge in [-0.25, -0.2) is 0 Å². The molecule has 1 saturated carbocycles. The highest BCUT2D eigenvalue weighted by Gasteiger charge is 2.19. The number of anilines is 1. The zero-order chi connectivity index (χ0) is 14.4. The summed E-state index contributed by atoms with van der Waals surface area (Å²) in [5, 5.41) is 3.09. The third kappa shape index (κ3) is 3.99. The monoisotopic (exact) mass is 274 g/mol. The second-order valence-electron chi connectivity index (χ2n) is 5.89. The predicted molar refractivity (Wildman–Crippen MR) is 83.2 cm³/mol. The summed E-state index contributed by atoms with van der Waals surface area (Å²) in [4.78, 5) is 12.3. The fraction of sp³-hybridized carbons (Fsp3) is 0.588. The molecule has 1 aliphatic rings. The predicted octanol–water partition coefficient (Wildman–Crippen LogP) is 3.55. The highest BCUT2D eigenvalue weighted by molar-refractivity contribution is 5.78. The van der Waals surface area contributed by atoms with Gasteiger partial charge in [0, 0.05) is 18.2 Å². The van der Waals surface area contributed by atoms with Crippen molar-refractivity contribution in [2.45, 2.75) is 58.4 Å². The number of carbonyl (C=O) groups excluding carboxylic acids is 1. The zero-order valence-corrected chi connectivity index (χ0v) is 12.5. The number of amides is 1. The number of hydrogen-bond donors (Lipinski definition) is 2. The lowest BCUT2D eigenvalue weighted by Crippen LogP contribution is -2.31. The Hall–Kier alpha value is -1.51. The molecule has 0 unspecified atom stereocenters. The first-order valence-electron chi connectivity index (χ1n) is 7.80. The van der Waals surface area contributed by atoms with E-state index in [0.29, 0.717) is 6.54 Å². The van der Waals surface area contributed by atoms with E-state index in [0.717, 1.165) is 29.7 Å². The van der Waals surface area contributed by atoms with Gasteiger partial charge in [-0.2, -0.15) is 0 Å². The van der Waals surface area contributed by atoms with Crippen LogP contribution in [0.4, 0.5) is 5.69 Å². The van der Waals surface area contributed by atoms with Gasteiger partial charge in [-0.15, -0.1) is 0 Å². The zero-order valence-electron chi connectivity index (χ0n) is 12.5. The Bertz CT molecular complexity index is 448. The summed E-state index contributed by atoms with van der Waals surface area (Å²) in [7, 11) is 0. The van der Waals surface area contributed by atoms with Crippen LogP contribution in [-0.4, -0.2) is 5.91 Å². The highest BCUT2D eigenvalue weighted by atomic mass is 16.1. The topological polar surface area (TPSA) is 55.1 Å². The van der Waals surface area contributed by atoms with Gasteiger partial charge in [-0.1, -0.05) is 44.2 Å². The first kappa shape index (κ1) is 14.9. The molecule has 0 bridgehead atoms. The molecular weight excluding hydrogens is 248 g/mol. The molecule has 0 heterocycles. The minimum Gasteiger partial charge on any atom is -0.399 e. The van der Waals surface area contributed by atoms with Crippen LogP contribution < -0.4 is 11.1 Å². The quantitative estimate of drug-likeness (QED) is 0.828. The Balaban J connectivity index is 1.89. The van der Waals surface area contributed by atoms with E-state index >= 15 is 0 Å². The summed E-state index contributed by atoms with van der Waals surface area (Å²) in [6.45, 7) is 2.60. The van der Waals surface area contributed by atoms with Crippen LogP contribution in [0, 0.1) is 12.8 Å². The lowest BCUT2D eigenvalue weighted by atomic mass is 9.90. The molecular formula is C17H26N2O. The van der Waals surface area contributed by atoms with Gasteiger partial charge in [0.1, 0.15) is 0 Å². The molecule has 0 atom stereocenters. The number of nitrogens with one attached hydrogen (secondary N) is 1. The summed E-state index contributed by atoms with van der Waals surface area (Å²) in [6, 6.07) is 5.87. The Morgan fingerprint density at radius 2 is 1.85 bits per heavy atom. The van der Waals surface area contributed by atoms with E-state index in [1.807, 2.05) is 25.1 Å². The molecule has 0 spiro atoms. The van der Waals surface area contributed by atoms with Crippen molar-refractivity contribution in [2.75, 3.05) is 5.73 Å². The largest absolute Gasteiger partial charge is 0.399 e. The summed E-state index contributed by atoms with van der Waals surface area (Å²) < 4.78 is 0. The van der Waals surface area contributed by atoms with Crippen molar-refractivity contribution in [1.82, 2.24) is 5.32 Å². The van der Waals surface area contributed by atoms with Gasteiger partial charge in [-0.3, -0.25) is 4.79 Å². The van der Waals surface area contributed by atoms with Crippen molar-refractivity contribution < 1.29 is 4.79 Å². The summed E-state index contributed by atoms with van der Waals surface area (Å²) in [5.74, 6) is 0.422. The molecule has 1 amide bonds. The van der Waals surface area contributed by atoms with E-state index in [9.17, 15) is 4.79 Å². The SMILES string of the molecule is Cc1c(N)cccc1CNC(=O)C1CCCCCCC1. The van der Waals surface area contributed by atoms with Gasteiger partial charge < -0.3 is 11.1 Å². The molecule has 3 N–H and O–H groups in total. The van der Waals surface area contributed by atoms with Crippen LogP contribution in [0.1, 0.15) is 56.1 Å².